The van der Waals surface area contributed by atoms with Crippen LogP contribution in [0.5, 0.6) is 0 Å². The number of carbonyl (C=O) groups excluding carboxylic acids is 1. The predicted molar refractivity (Wildman–Crippen MR) is 84.1 cm³/mol. The van der Waals surface area contributed by atoms with E-state index in [1.807, 2.05) is 45.9 Å². The highest BCUT2D eigenvalue weighted by Gasteiger charge is 2.26. The van der Waals surface area contributed by atoms with E-state index < -0.39 is 5.41 Å². The van der Waals surface area contributed by atoms with Crippen molar-refractivity contribution in [3.63, 3.8) is 0 Å². The minimum atomic E-state index is -0.437. The topological polar surface area (TPSA) is 26.3 Å². The summed E-state index contributed by atoms with van der Waals surface area (Å²) in [6.07, 6.45) is 4.49. The number of hydrogen-bond acceptors (Lipinski definition) is 2. The lowest BCUT2D eigenvalue weighted by atomic mass is 9.79. The second kappa shape index (κ2) is 6.85. The van der Waals surface area contributed by atoms with Gasteiger partial charge in [0.15, 0.2) is 0 Å². The molecule has 0 aliphatic carbocycles. The smallest absolute Gasteiger partial charge is 0.130 e. The van der Waals surface area contributed by atoms with Crippen LogP contribution in [0.4, 0.5) is 0 Å². The Morgan fingerprint density at radius 3 is 2.55 bits per heavy atom. The van der Waals surface area contributed by atoms with E-state index in [2.05, 4.69) is 12.6 Å². The minimum Gasteiger partial charge on any atom is -0.372 e. The third-order valence-electron chi connectivity index (χ3n) is 3.74. The molecule has 0 aromatic heterocycles. The highest BCUT2D eigenvalue weighted by Crippen LogP contribution is 2.28. The highest BCUT2D eigenvalue weighted by molar-refractivity contribution is 5.68. The number of ether oxygens (including phenoxy) is 1. The lowest BCUT2D eigenvalue weighted by Gasteiger charge is -2.26. The lowest BCUT2D eigenvalue weighted by molar-refractivity contribution is -0.112. The third-order valence-corrected chi connectivity index (χ3v) is 3.74. The van der Waals surface area contributed by atoms with Gasteiger partial charge in [-0.15, -0.1) is 6.58 Å². The van der Waals surface area contributed by atoms with Gasteiger partial charge in [-0.25, -0.2) is 0 Å². The molecular weight excluding hydrogens is 248 g/mol. The maximum absolute atomic E-state index is 11.5. The molecule has 1 aromatic carbocycles. The molecule has 0 bridgehead atoms. The Labute approximate surface area is 122 Å². The van der Waals surface area contributed by atoms with Crippen molar-refractivity contribution in [2.45, 2.75) is 51.6 Å². The molecule has 0 aliphatic heterocycles. The molecule has 0 N–H and O–H groups in total. The fourth-order valence-corrected chi connectivity index (χ4v) is 2.11. The van der Waals surface area contributed by atoms with Crippen molar-refractivity contribution in [3.05, 3.63) is 48.0 Å². The Balaban J connectivity index is 2.63. The molecule has 1 rings (SSSR count). The van der Waals surface area contributed by atoms with Gasteiger partial charge in [-0.2, -0.15) is 0 Å². The highest BCUT2D eigenvalue weighted by atomic mass is 16.5. The van der Waals surface area contributed by atoms with Crippen molar-refractivity contribution in [3.8, 4) is 0 Å². The van der Waals surface area contributed by atoms with Gasteiger partial charge in [-0.05, 0) is 46.1 Å². The van der Waals surface area contributed by atoms with Crippen molar-refractivity contribution in [1.29, 1.82) is 0 Å². The molecule has 2 nitrogen and oxygen atoms in total. The van der Waals surface area contributed by atoms with Crippen molar-refractivity contribution in [1.82, 2.24) is 0 Å². The van der Waals surface area contributed by atoms with Crippen LogP contribution < -0.4 is 0 Å². The fraction of sp³-hybridized carbons (Fsp3) is 0.500. The molecule has 1 unspecified atom stereocenters. The van der Waals surface area contributed by atoms with Crippen LogP contribution in [-0.2, 0) is 14.9 Å². The van der Waals surface area contributed by atoms with Gasteiger partial charge >= 0.3 is 0 Å². The monoisotopic (exact) mass is 274 g/mol. The Hall–Kier alpha value is -1.41. The van der Waals surface area contributed by atoms with E-state index in [1.54, 1.807) is 6.08 Å². The number of carbonyl (C=O) groups is 1. The van der Waals surface area contributed by atoms with Gasteiger partial charge in [0.1, 0.15) is 6.29 Å². The van der Waals surface area contributed by atoms with Gasteiger partial charge < -0.3 is 9.53 Å². The van der Waals surface area contributed by atoms with Crippen LogP contribution in [0.15, 0.2) is 36.9 Å². The van der Waals surface area contributed by atoms with Crippen LogP contribution >= 0.6 is 0 Å². The molecule has 1 aromatic rings. The predicted octanol–water partition coefficient (Wildman–Crippen LogP) is 4.21. The summed E-state index contributed by atoms with van der Waals surface area (Å²) in [5.74, 6) is 0. The molecule has 0 saturated carbocycles. The number of benzene rings is 1. The number of rotatable bonds is 8. The molecular formula is C18H26O2. The molecule has 0 saturated heterocycles. The van der Waals surface area contributed by atoms with Crippen LogP contribution in [0.25, 0.3) is 0 Å². The number of hydrogen-bond donors (Lipinski definition) is 0. The molecule has 110 valence electrons. The molecule has 0 aliphatic rings. The lowest BCUT2D eigenvalue weighted by Crippen LogP contribution is -2.26. The number of aryl methyl sites for hydroxylation is 1. The van der Waals surface area contributed by atoms with Crippen molar-refractivity contribution in [2.24, 2.45) is 0 Å². The minimum absolute atomic E-state index is 0.305. The van der Waals surface area contributed by atoms with Gasteiger partial charge in [0.05, 0.1) is 5.60 Å². The van der Waals surface area contributed by atoms with Crippen molar-refractivity contribution < 1.29 is 9.53 Å². The summed E-state index contributed by atoms with van der Waals surface area (Å²) >= 11 is 0. The normalized spacial score (nSPS) is 14.6. The molecule has 0 amide bonds. The average Bonchev–Trinajstić information content (AvgIpc) is 2.43. The van der Waals surface area contributed by atoms with Crippen molar-refractivity contribution >= 4 is 6.29 Å². The van der Waals surface area contributed by atoms with Crippen molar-refractivity contribution in [2.75, 3.05) is 6.61 Å². The SMILES string of the molecule is C=CC(C)(C)OCCCC(C)(C=O)c1cccc(C)c1. The van der Waals surface area contributed by atoms with Crippen LogP contribution in [-0.4, -0.2) is 18.5 Å². The molecule has 0 fully saturated rings. The Morgan fingerprint density at radius 1 is 1.30 bits per heavy atom. The summed E-state index contributed by atoms with van der Waals surface area (Å²) in [7, 11) is 0. The second-order valence-electron chi connectivity index (χ2n) is 6.16. The number of aldehydes is 1. The maximum Gasteiger partial charge on any atom is 0.130 e. The summed E-state index contributed by atoms with van der Waals surface area (Å²) in [6, 6.07) is 8.16. The summed E-state index contributed by atoms with van der Waals surface area (Å²) in [6.45, 7) is 12.4. The second-order valence-corrected chi connectivity index (χ2v) is 6.16. The molecule has 1 atom stereocenters. The quantitative estimate of drug-likeness (QED) is 0.403. The Kier molecular flexibility index (Phi) is 5.70. The third kappa shape index (κ3) is 4.61. The van der Waals surface area contributed by atoms with E-state index in [0.717, 1.165) is 24.7 Å². The summed E-state index contributed by atoms with van der Waals surface area (Å²) < 4.78 is 5.74. The van der Waals surface area contributed by atoms with E-state index >= 15 is 0 Å². The zero-order chi connectivity index (χ0) is 15.2. The zero-order valence-electron chi connectivity index (χ0n) is 13.1. The fourth-order valence-electron chi connectivity index (χ4n) is 2.11. The van der Waals surface area contributed by atoms with Gasteiger partial charge in [0.2, 0.25) is 0 Å². The van der Waals surface area contributed by atoms with Crippen LogP contribution in [0.1, 0.15) is 44.7 Å². The Bertz CT molecular complexity index is 462. The molecule has 0 heterocycles. The van der Waals surface area contributed by atoms with E-state index in [1.165, 1.54) is 5.56 Å². The van der Waals surface area contributed by atoms with E-state index in [0.29, 0.717) is 6.61 Å². The van der Waals surface area contributed by atoms with E-state index in [9.17, 15) is 4.79 Å². The largest absolute Gasteiger partial charge is 0.372 e. The van der Waals surface area contributed by atoms with E-state index in [4.69, 9.17) is 4.74 Å². The molecule has 0 radical (unpaired) electrons. The Morgan fingerprint density at radius 2 is 2.00 bits per heavy atom. The van der Waals surface area contributed by atoms with Gasteiger partial charge in [-0.1, -0.05) is 35.9 Å². The summed E-state index contributed by atoms with van der Waals surface area (Å²) in [4.78, 5) is 11.5. The van der Waals surface area contributed by atoms with Crippen LogP contribution in [0.3, 0.4) is 0 Å². The van der Waals surface area contributed by atoms with Crippen LogP contribution in [0.2, 0.25) is 0 Å². The maximum atomic E-state index is 11.5. The summed E-state index contributed by atoms with van der Waals surface area (Å²) in [5.41, 5.74) is 1.52. The average molecular weight is 274 g/mol. The van der Waals surface area contributed by atoms with Gasteiger partial charge in [0.25, 0.3) is 0 Å². The molecule has 20 heavy (non-hydrogen) atoms. The first-order chi connectivity index (χ1) is 9.33. The molecule has 0 spiro atoms. The first-order valence-corrected chi connectivity index (χ1v) is 7.14. The summed E-state index contributed by atoms with van der Waals surface area (Å²) in [5, 5.41) is 0. The van der Waals surface area contributed by atoms with Crippen LogP contribution in [0, 0.1) is 6.92 Å². The van der Waals surface area contributed by atoms with E-state index in [-0.39, 0.29) is 5.60 Å². The van der Waals surface area contributed by atoms with Gasteiger partial charge in [0, 0.05) is 12.0 Å². The first-order valence-electron chi connectivity index (χ1n) is 7.14. The van der Waals surface area contributed by atoms with Gasteiger partial charge in [-0.3, -0.25) is 0 Å². The first kappa shape index (κ1) is 16.6. The standard InChI is InChI=1S/C18H26O2/c1-6-17(3,4)20-12-8-11-18(5,14-19)16-10-7-9-15(2)13-16/h6-7,9-10,13-14H,1,8,11-12H2,2-5H3. The molecule has 2 heteroatoms. The zero-order valence-corrected chi connectivity index (χ0v) is 13.1.